The zero-order valence-electron chi connectivity index (χ0n) is 15.9. The lowest BCUT2D eigenvalue weighted by Gasteiger charge is -2.24. The van der Waals surface area contributed by atoms with E-state index in [2.05, 4.69) is 20.9 Å². The van der Waals surface area contributed by atoms with Crippen molar-refractivity contribution >= 4 is 39.2 Å². The van der Waals surface area contributed by atoms with Crippen LogP contribution in [-0.2, 0) is 9.59 Å². The summed E-state index contributed by atoms with van der Waals surface area (Å²) in [6, 6.07) is 18.2. The van der Waals surface area contributed by atoms with Crippen molar-refractivity contribution in [2.45, 2.75) is 6.04 Å². The first kappa shape index (κ1) is 19.8. The molecule has 0 bridgehead atoms. The summed E-state index contributed by atoms with van der Waals surface area (Å²) in [7, 11) is 1.51. The third-order valence-electron chi connectivity index (χ3n) is 4.87. The van der Waals surface area contributed by atoms with Crippen LogP contribution in [0.5, 0.6) is 5.75 Å². The van der Waals surface area contributed by atoms with Gasteiger partial charge in [0.05, 0.1) is 18.7 Å². The molecule has 1 saturated heterocycles. The fourth-order valence-electron chi connectivity index (χ4n) is 3.45. The molecule has 0 spiro atoms. The summed E-state index contributed by atoms with van der Waals surface area (Å²) >= 11 is 3.40. The topological polar surface area (TPSA) is 79.7 Å². The van der Waals surface area contributed by atoms with Crippen LogP contribution in [0.3, 0.4) is 0 Å². The van der Waals surface area contributed by atoms with E-state index >= 15 is 0 Å². The van der Waals surface area contributed by atoms with Crippen LogP contribution < -0.4 is 9.64 Å². The molecule has 0 radical (unpaired) electrons. The van der Waals surface area contributed by atoms with Crippen LogP contribution in [0.25, 0.3) is 5.76 Å². The zero-order valence-corrected chi connectivity index (χ0v) is 17.5. The first-order chi connectivity index (χ1) is 14.5. The molecule has 7 heteroatoms. The first-order valence-corrected chi connectivity index (χ1v) is 9.92. The second-order valence-corrected chi connectivity index (χ2v) is 7.56. The number of aliphatic hydroxyl groups excluding tert-OH is 1. The highest BCUT2D eigenvalue weighted by atomic mass is 79.9. The monoisotopic (exact) mass is 464 g/mol. The molecule has 1 aliphatic rings. The number of hydrogen-bond donors (Lipinski definition) is 1. The molecule has 150 valence electrons. The standard InChI is InChI=1S/C23H17BrN2O4/c1-30-17-6-4-5-15(13-17)21(27)19-20(14-8-10-16(24)11-9-14)26(23(29)22(19)28)18-7-2-3-12-25-18/h2-13,20,27H,1H3. The number of pyridine rings is 1. The van der Waals surface area contributed by atoms with Crippen LogP contribution >= 0.6 is 15.9 Å². The molecule has 1 atom stereocenters. The van der Waals surface area contributed by atoms with E-state index in [4.69, 9.17) is 4.74 Å². The van der Waals surface area contributed by atoms with Crippen LogP contribution in [0.4, 0.5) is 5.82 Å². The Kier molecular flexibility index (Phi) is 5.37. The molecule has 1 aliphatic heterocycles. The number of aliphatic hydroxyl groups is 1. The molecule has 2 aromatic carbocycles. The SMILES string of the molecule is COc1cccc(C(O)=C2C(=O)C(=O)N(c3ccccn3)C2c2ccc(Br)cc2)c1. The van der Waals surface area contributed by atoms with Crippen molar-refractivity contribution in [2.75, 3.05) is 12.0 Å². The van der Waals surface area contributed by atoms with Gasteiger partial charge in [0.1, 0.15) is 17.3 Å². The van der Waals surface area contributed by atoms with Crippen molar-refractivity contribution in [3.05, 3.63) is 94.1 Å². The molecule has 3 aromatic rings. The highest BCUT2D eigenvalue weighted by Crippen LogP contribution is 2.41. The van der Waals surface area contributed by atoms with Gasteiger partial charge in [-0.25, -0.2) is 4.98 Å². The zero-order chi connectivity index (χ0) is 21.3. The Morgan fingerprint density at radius 2 is 1.83 bits per heavy atom. The number of hydrogen-bond acceptors (Lipinski definition) is 5. The minimum absolute atomic E-state index is 0.00114. The number of carbonyl (C=O) groups excluding carboxylic acids is 2. The minimum Gasteiger partial charge on any atom is -0.507 e. The number of Topliss-reactive ketones (excluding diaryl/α,β-unsaturated/α-hetero) is 1. The van der Waals surface area contributed by atoms with Gasteiger partial charge in [-0.05, 0) is 42.0 Å². The maximum absolute atomic E-state index is 13.0. The van der Waals surface area contributed by atoms with E-state index in [9.17, 15) is 14.7 Å². The van der Waals surface area contributed by atoms with E-state index in [1.54, 1.807) is 60.8 Å². The molecular weight excluding hydrogens is 448 g/mol. The summed E-state index contributed by atoms with van der Waals surface area (Å²) in [5.74, 6) is -0.922. The highest BCUT2D eigenvalue weighted by molar-refractivity contribution is 9.10. The Bertz CT molecular complexity index is 1140. The van der Waals surface area contributed by atoms with Crippen LogP contribution in [-0.4, -0.2) is 28.9 Å². The van der Waals surface area contributed by atoms with Crippen LogP contribution in [0.2, 0.25) is 0 Å². The second kappa shape index (κ2) is 8.12. The van der Waals surface area contributed by atoms with Crippen molar-refractivity contribution in [3.63, 3.8) is 0 Å². The first-order valence-electron chi connectivity index (χ1n) is 9.13. The summed E-state index contributed by atoms with van der Waals surface area (Å²) in [5, 5.41) is 11.1. The number of ether oxygens (including phenoxy) is 1. The summed E-state index contributed by atoms with van der Waals surface area (Å²) < 4.78 is 6.07. The molecule has 1 amide bonds. The number of benzene rings is 2. The lowest BCUT2D eigenvalue weighted by molar-refractivity contribution is -0.132. The van der Waals surface area contributed by atoms with Gasteiger partial charge >= 0.3 is 5.91 Å². The maximum Gasteiger partial charge on any atom is 0.301 e. The van der Waals surface area contributed by atoms with Gasteiger partial charge in [-0.15, -0.1) is 0 Å². The molecule has 1 fully saturated rings. The fourth-order valence-corrected chi connectivity index (χ4v) is 3.72. The molecule has 0 aliphatic carbocycles. The van der Waals surface area contributed by atoms with E-state index in [0.29, 0.717) is 22.7 Å². The lowest BCUT2D eigenvalue weighted by atomic mass is 9.95. The number of ketones is 1. The van der Waals surface area contributed by atoms with Gasteiger partial charge in [0.2, 0.25) is 0 Å². The number of amides is 1. The molecule has 0 saturated carbocycles. The lowest BCUT2D eigenvalue weighted by Crippen LogP contribution is -2.30. The molecular formula is C23H17BrN2O4. The average Bonchev–Trinajstić information content (AvgIpc) is 3.05. The van der Waals surface area contributed by atoms with Crippen molar-refractivity contribution < 1.29 is 19.4 Å². The van der Waals surface area contributed by atoms with Gasteiger partial charge in [0, 0.05) is 16.2 Å². The average molecular weight is 465 g/mol. The number of methoxy groups -OCH3 is 1. The van der Waals surface area contributed by atoms with E-state index in [0.717, 1.165) is 4.47 Å². The van der Waals surface area contributed by atoms with E-state index < -0.39 is 17.7 Å². The van der Waals surface area contributed by atoms with Gasteiger partial charge in [-0.2, -0.15) is 0 Å². The van der Waals surface area contributed by atoms with Crippen molar-refractivity contribution in [2.24, 2.45) is 0 Å². The Morgan fingerprint density at radius 3 is 2.50 bits per heavy atom. The number of aromatic nitrogens is 1. The molecule has 1 aromatic heterocycles. The number of nitrogens with zero attached hydrogens (tertiary/aromatic N) is 2. The quantitative estimate of drug-likeness (QED) is 0.349. The minimum atomic E-state index is -0.820. The molecule has 1 N–H and O–H groups in total. The van der Waals surface area contributed by atoms with Crippen molar-refractivity contribution in [1.82, 2.24) is 4.98 Å². The summed E-state index contributed by atoms with van der Waals surface area (Å²) in [6.45, 7) is 0. The molecule has 4 rings (SSSR count). The van der Waals surface area contributed by atoms with Crippen molar-refractivity contribution in [1.29, 1.82) is 0 Å². The van der Waals surface area contributed by atoms with Crippen LogP contribution in [0.15, 0.2) is 83.0 Å². The molecule has 30 heavy (non-hydrogen) atoms. The van der Waals surface area contributed by atoms with Gasteiger partial charge in [0.15, 0.2) is 0 Å². The van der Waals surface area contributed by atoms with E-state index in [1.807, 2.05) is 12.1 Å². The third-order valence-corrected chi connectivity index (χ3v) is 5.40. The Balaban J connectivity index is 1.94. The normalized spacial score (nSPS) is 17.9. The fraction of sp³-hybridized carbons (Fsp3) is 0.0870. The Morgan fingerprint density at radius 1 is 1.07 bits per heavy atom. The van der Waals surface area contributed by atoms with E-state index in [1.165, 1.54) is 12.0 Å². The number of rotatable bonds is 4. The van der Waals surface area contributed by atoms with Crippen LogP contribution in [0.1, 0.15) is 17.2 Å². The predicted molar refractivity (Wildman–Crippen MR) is 116 cm³/mol. The maximum atomic E-state index is 13.0. The van der Waals surface area contributed by atoms with Gasteiger partial charge in [-0.1, -0.05) is 46.3 Å². The molecule has 2 heterocycles. The van der Waals surface area contributed by atoms with Gasteiger partial charge in [0.25, 0.3) is 5.78 Å². The molecule has 1 unspecified atom stereocenters. The Hall–Kier alpha value is -3.45. The summed E-state index contributed by atoms with van der Waals surface area (Å²) in [4.78, 5) is 31.6. The second-order valence-electron chi connectivity index (χ2n) is 6.64. The number of anilines is 1. The Labute approximate surface area is 181 Å². The predicted octanol–water partition coefficient (Wildman–Crippen LogP) is 4.48. The van der Waals surface area contributed by atoms with Crippen LogP contribution in [0, 0.1) is 0 Å². The highest BCUT2D eigenvalue weighted by Gasteiger charge is 2.47. The third kappa shape index (κ3) is 3.48. The van der Waals surface area contributed by atoms with Gasteiger partial charge < -0.3 is 9.84 Å². The smallest absolute Gasteiger partial charge is 0.301 e. The van der Waals surface area contributed by atoms with E-state index in [-0.39, 0.29) is 11.3 Å². The summed E-state index contributed by atoms with van der Waals surface area (Å²) in [6.07, 6.45) is 1.55. The summed E-state index contributed by atoms with van der Waals surface area (Å²) in [5.41, 5.74) is 1.06. The molecule has 6 nitrogen and oxygen atoms in total. The van der Waals surface area contributed by atoms with Crippen molar-refractivity contribution in [3.8, 4) is 5.75 Å². The van der Waals surface area contributed by atoms with Gasteiger partial charge in [-0.3, -0.25) is 14.5 Å². The largest absolute Gasteiger partial charge is 0.507 e. The number of halogens is 1. The number of carbonyl (C=O) groups is 2.